The molecule has 2 nitrogen and oxygen atoms in total. The van der Waals surface area contributed by atoms with Gasteiger partial charge < -0.3 is 10.1 Å². The van der Waals surface area contributed by atoms with E-state index in [4.69, 9.17) is 4.74 Å². The van der Waals surface area contributed by atoms with Crippen molar-refractivity contribution in [2.45, 2.75) is 66.0 Å². The highest BCUT2D eigenvalue weighted by Gasteiger charge is 2.44. The van der Waals surface area contributed by atoms with Crippen LogP contribution in [0.25, 0.3) is 0 Å². The van der Waals surface area contributed by atoms with Crippen molar-refractivity contribution in [3.8, 4) is 0 Å². The van der Waals surface area contributed by atoms with E-state index in [1.807, 2.05) is 0 Å². The highest BCUT2D eigenvalue weighted by Crippen LogP contribution is 2.43. The van der Waals surface area contributed by atoms with Gasteiger partial charge in [-0.25, -0.2) is 0 Å². The van der Waals surface area contributed by atoms with Gasteiger partial charge >= 0.3 is 0 Å². The first-order valence-electron chi connectivity index (χ1n) is 6.88. The molecule has 0 spiro atoms. The predicted octanol–water partition coefficient (Wildman–Crippen LogP) is 3.22. The maximum atomic E-state index is 5.83. The van der Waals surface area contributed by atoms with Crippen molar-refractivity contribution >= 4 is 0 Å². The van der Waals surface area contributed by atoms with Crippen molar-refractivity contribution < 1.29 is 4.74 Å². The molecule has 3 atom stereocenters. The minimum Gasteiger partial charge on any atom is -0.378 e. The Balaban J connectivity index is 2.68. The van der Waals surface area contributed by atoms with Gasteiger partial charge in [-0.15, -0.1) is 0 Å². The molecule has 0 aromatic heterocycles. The lowest BCUT2D eigenvalue weighted by Gasteiger charge is -2.39. The van der Waals surface area contributed by atoms with Crippen LogP contribution in [0.3, 0.4) is 0 Å². The van der Waals surface area contributed by atoms with E-state index in [2.05, 4.69) is 39.9 Å². The Morgan fingerprint density at radius 2 is 2.06 bits per heavy atom. The van der Waals surface area contributed by atoms with Gasteiger partial charge in [0, 0.05) is 24.6 Å². The van der Waals surface area contributed by atoms with Gasteiger partial charge in [0.25, 0.3) is 0 Å². The zero-order chi connectivity index (χ0) is 12.2. The van der Waals surface area contributed by atoms with Gasteiger partial charge in [0.1, 0.15) is 0 Å². The number of hydrogen-bond donors (Lipinski definition) is 1. The van der Waals surface area contributed by atoms with E-state index in [1.165, 1.54) is 19.3 Å². The summed E-state index contributed by atoms with van der Waals surface area (Å²) in [6.45, 7) is 13.4. The van der Waals surface area contributed by atoms with Crippen LogP contribution in [-0.4, -0.2) is 25.3 Å². The molecule has 0 amide bonds. The van der Waals surface area contributed by atoms with Crippen LogP contribution in [-0.2, 0) is 4.74 Å². The van der Waals surface area contributed by atoms with E-state index in [-0.39, 0.29) is 0 Å². The highest BCUT2D eigenvalue weighted by atomic mass is 16.5. The maximum Gasteiger partial charge on any atom is 0.0618 e. The molecule has 0 aromatic rings. The van der Waals surface area contributed by atoms with Crippen LogP contribution in [0, 0.1) is 11.3 Å². The van der Waals surface area contributed by atoms with Crippen LogP contribution in [0.15, 0.2) is 0 Å². The number of nitrogens with one attached hydrogen (secondary N) is 1. The summed E-state index contributed by atoms with van der Waals surface area (Å²) in [6.07, 6.45) is 4.21. The first kappa shape index (κ1) is 14.0. The average molecular weight is 227 g/mol. The van der Waals surface area contributed by atoms with Gasteiger partial charge in [-0.1, -0.05) is 40.5 Å². The molecular weight excluding hydrogens is 198 g/mol. The van der Waals surface area contributed by atoms with E-state index < -0.39 is 0 Å². The fourth-order valence-corrected chi connectivity index (χ4v) is 2.96. The van der Waals surface area contributed by atoms with Crippen molar-refractivity contribution in [3.63, 3.8) is 0 Å². The Bertz CT molecular complexity index is 205. The molecule has 0 radical (unpaired) electrons. The standard InChI is InChI=1S/C14H29NO/c1-6-7-12(4)14(10-15-11(2)3)8-9-16-13(14)5/h11-13,15H,6-10H2,1-5H3. The van der Waals surface area contributed by atoms with Crippen LogP contribution in [0.5, 0.6) is 0 Å². The SMILES string of the molecule is CCCC(C)C1(CNC(C)C)CCOC1C. The molecule has 0 bridgehead atoms. The summed E-state index contributed by atoms with van der Waals surface area (Å²) in [7, 11) is 0. The summed E-state index contributed by atoms with van der Waals surface area (Å²) in [4.78, 5) is 0. The zero-order valence-corrected chi connectivity index (χ0v) is 11.7. The molecule has 16 heavy (non-hydrogen) atoms. The van der Waals surface area contributed by atoms with Gasteiger partial charge in [-0.3, -0.25) is 0 Å². The van der Waals surface area contributed by atoms with Crippen LogP contribution in [0.1, 0.15) is 53.9 Å². The van der Waals surface area contributed by atoms with Crippen LogP contribution in [0.4, 0.5) is 0 Å². The Morgan fingerprint density at radius 3 is 2.50 bits per heavy atom. The van der Waals surface area contributed by atoms with Gasteiger partial charge in [0.05, 0.1) is 6.10 Å². The molecule has 1 heterocycles. The fourth-order valence-electron chi connectivity index (χ4n) is 2.96. The van der Waals surface area contributed by atoms with Gasteiger partial charge in [-0.05, 0) is 19.3 Å². The minimum atomic E-state index is 0.361. The molecule has 96 valence electrons. The van der Waals surface area contributed by atoms with Gasteiger partial charge in [0.2, 0.25) is 0 Å². The largest absolute Gasteiger partial charge is 0.378 e. The predicted molar refractivity (Wildman–Crippen MR) is 69.7 cm³/mol. The van der Waals surface area contributed by atoms with E-state index in [9.17, 15) is 0 Å². The second-order valence-corrected chi connectivity index (χ2v) is 5.72. The third-order valence-electron chi connectivity index (χ3n) is 4.29. The Kier molecular flexibility index (Phi) is 5.26. The molecule has 3 unspecified atom stereocenters. The molecule has 0 aromatic carbocycles. The molecule has 0 saturated carbocycles. The van der Waals surface area contributed by atoms with E-state index in [1.54, 1.807) is 0 Å². The Labute approximate surface area is 101 Å². The summed E-state index contributed by atoms with van der Waals surface area (Å²) in [5, 5.41) is 3.62. The topological polar surface area (TPSA) is 21.3 Å². The molecule has 1 N–H and O–H groups in total. The number of rotatable bonds is 6. The molecular formula is C14H29NO. The average Bonchev–Trinajstić information content (AvgIpc) is 2.58. The van der Waals surface area contributed by atoms with E-state index in [0.717, 1.165) is 19.1 Å². The summed E-state index contributed by atoms with van der Waals surface area (Å²) in [5.74, 6) is 0.751. The van der Waals surface area contributed by atoms with Crippen molar-refractivity contribution in [3.05, 3.63) is 0 Å². The molecule has 1 aliphatic heterocycles. The molecule has 1 rings (SSSR count). The molecule has 2 heteroatoms. The van der Waals surface area contributed by atoms with Crippen LogP contribution < -0.4 is 5.32 Å². The highest BCUT2D eigenvalue weighted by molar-refractivity contribution is 4.95. The monoisotopic (exact) mass is 227 g/mol. The Hall–Kier alpha value is -0.0800. The van der Waals surface area contributed by atoms with E-state index >= 15 is 0 Å². The summed E-state index contributed by atoms with van der Waals surface area (Å²) < 4.78 is 5.83. The lowest BCUT2D eigenvalue weighted by molar-refractivity contribution is 0.0287. The van der Waals surface area contributed by atoms with Crippen LogP contribution in [0.2, 0.25) is 0 Å². The Morgan fingerprint density at radius 1 is 1.38 bits per heavy atom. The quantitative estimate of drug-likeness (QED) is 0.752. The number of ether oxygens (including phenoxy) is 1. The van der Waals surface area contributed by atoms with Crippen molar-refractivity contribution in [1.29, 1.82) is 0 Å². The molecule has 1 fully saturated rings. The normalized spacial score (nSPS) is 32.2. The number of hydrogen-bond acceptors (Lipinski definition) is 2. The summed E-state index contributed by atoms with van der Waals surface area (Å²) >= 11 is 0. The summed E-state index contributed by atoms with van der Waals surface area (Å²) in [5.41, 5.74) is 0.361. The molecule has 0 aliphatic carbocycles. The second-order valence-electron chi connectivity index (χ2n) is 5.72. The molecule has 1 saturated heterocycles. The smallest absolute Gasteiger partial charge is 0.0618 e. The first-order valence-corrected chi connectivity index (χ1v) is 6.88. The third kappa shape index (κ3) is 2.98. The van der Waals surface area contributed by atoms with Crippen molar-refractivity contribution in [1.82, 2.24) is 5.32 Å². The third-order valence-corrected chi connectivity index (χ3v) is 4.29. The first-order chi connectivity index (χ1) is 7.53. The lowest BCUT2D eigenvalue weighted by atomic mass is 9.69. The van der Waals surface area contributed by atoms with Crippen LogP contribution >= 0.6 is 0 Å². The van der Waals surface area contributed by atoms with E-state index in [0.29, 0.717) is 17.6 Å². The second kappa shape index (κ2) is 6.02. The van der Waals surface area contributed by atoms with Crippen molar-refractivity contribution in [2.24, 2.45) is 11.3 Å². The fraction of sp³-hybridized carbons (Fsp3) is 1.00. The van der Waals surface area contributed by atoms with Crippen molar-refractivity contribution in [2.75, 3.05) is 13.2 Å². The summed E-state index contributed by atoms with van der Waals surface area (Å²) in [6, 6.07) is 0.568. The minimum absolute atomic E-state index is 0.361. The van der Waals surface area contributed by atoms with Gasteiger partial charge in [0.15, 0.2) is 0 Å². The molecule has 1 aliphatic rings. The lowest BCUT2D eigenvalue weighted by Crippen LogP contribution is -2.46. The van der Waals surface area contributed by atoms with Gasteiger partial charge in [-0.2, -0.15) is 0 Å². The zero-order valence-electron chi connectivity index (χ0n) is 11.7. The maximum absolute atomic E-state index is 5.83.